The Kier molecular flexibility index (Phi) is 4.15. The summed E-state index contributed by atoms with van der Waals surface area (Å²) >= 11 is 0. The van der Waals surface area contributed by atoms with Crippen LogP contribution in [-0.2, 0) is 21.3 Å². The molecule has 0 unspecified atom stereocenters. The van der Waals surface area contributed by atoms with Crippen LogP contribution in [0.25, 0.3) is 0 Å². The van der Waals surface area contributed by atoms with E-state index >= 15 is 0 Å². The lowest BCUT2D eigenvalue weighted by Gasteiger charge is -2.09. The highest BCUT2D eigenvalue weighted by atomic mass is 32.2. The molecule has 1 saturated carbocycles. The fraction of sp³-hybridized carbons (Fsp3) is 0.467. The standard InChI is InChI=1S/C15H19N3O3S/c1-2-21-13-6-4-3-5-12(13)9-22(19,20)10-14-16-15(18-17-14)11-7-8-11/h3-6,11H,2,7-10H2,1H3,(H,16,17,18). The number of ether oxygens (including phenoxy) is 1. The van der Waals surface area contributed by atoms with E-state index in [1.54, 1.807) is 12.1 Å². The zero-order valence-electron chi connectivity index (χ0n) is 12.4. The first-order valence-corrected chi connectivity index (χ1v) is 9.22. The SMILES string of the molecule is CCOc1ccccc1CS(=O)(=O)Cc1nc(C2CC2)n[nH]1. The van der Waals surface area contributed by atoms with Gasteiger partial charge in [0, 0.05) is 11.5 Å². The smallest absolute Gasteiger partial charge is 0.161 e. The molecule has 118 valence electrons. The normalized spacial score (nSPS) is 15.0. The summed E-state index contributed by atoms with van der Waals surface area (Å²) in [6.07, 6.45) is 2.18. The van der Waals surface area contributed by atoms with Gasteiger partial charge in [-0.1, -0.05) is 18.2 Å². The largest absolute Gasteiger partial charge is 0.494 e. The van der Waals surface area contributed by atoms with Crippen LogP contribution in [0.1, 0.15) is 42.9 Å². The summed E-state index contributed by atoms with van der Waals surface area (Å²) in [5, 5.41) is 6.83. The second kappa shape index (κ2) is 6.08. The molecule has 1 aromatic carbocycles. The first-order chi connectivity index (χ1) is 10.6. The predicted octanol–water partition coefficient (Wildman–Crippen LogP) is 2.20. The number of H-pyrrole nitrogens is 1. The molecule has 0 aliphatic heterocycles. The average Bonchev–Trinajstić information content (AvgIpc) is 3.22. The lowest BCUT2D eigenvalue weighted by atomic mass is 10.2. The monoisotopic (exact) mass is 321 g/mol. The topological polar surface area (TPSA) is 84.9 Å². The molecular weight excluding hydrogens is 302 g/mol. The van der Waals surface area contributed by atoms with Crippen molar-refractivity contribution in [3.8, 4) is 5.75 Å². The quantitative estimate of drug-likeness (QED) is 0.845. The van der Waals surface area contributed by atoms with Gasteiger partial charge < -0.3 is 4.74 Å². The van der Waals surface area contributed by atoms with Crippen molar-refractivity contribution >= 4 is 9.84 Å². The second-order valence-electron chi connectivity index (χ2n) is 5.49. The molecule has 0 radical (unpaired) electrons. The Morgan fingerprint density at radius 2 is 2.05 bits per heavy atom. The van der Waals surface area contributed by atoms with E-state index < -0.39 is 9.84 Å². The molecule has 2 aromatic rings. The first kappa shape index (κ1) is 15.0. The molecule has 6 nitrogen and oxygen atoms in total. The number of benzene rings is 1. The van der Waals surface area contributed by atoms with Crippen LogP contribution >= 0.6 is 0 Å². The van der Waals surface area contributed by atoms with E-state index in [2.05, 4.69) is 15.2 Å². The molecule has 7 heteroatoms. The van der Waals surface area contributed by atoms with Crippen molar-refractivity contribution in [1.29, 1.82) is 0 Å². The molecular formula is C15H19N3O3S. The van der Waals surface area contributed by atoms with Crippen LogP contribution < -0.4 is 4.74 Å². The predicted molar refractivity (Wildman–Crippen MR) is 82.3 cm³/mol. The van der Waals surface area contributed by atoms with Crippen molar-refractivity contribution in [2.45, 2.75) is 37.2 Å². The fourth-order valence-electron chi connectivity index (χ4n) is 2.31. The van der Waals surface area contributed by atoms with Crippen molar-refractivity contribution in [3.63, 3.8) is 0 Å². The highest BCUT2D eigenvalue weighted by Gasteiger charge is 2.28. The van der Waals surface area contributed by atoms with Gasteiger partial charge in [0.1, 0.15) is 17.3 Å². The van der Waals surface area contributed by atoms with Crippen molar-refractivity contribution in [2.75, 3.05) is 6.61 Å². The molecule has 0 atom stereocenters. The Hall–Kier alpha value is -1.89. The number of hydrogen-bond donors (Lipinski definition) is 1. The van der Waals surface area contributed by atoms with Gasteiger partial charge in [0.15, 0.2) is 15.7 Å². The van der Waals surface area contributed by atoms with Gasteiger partial charge in [0.25, 0.3) is 0 Å². The number of para-hydroxylation sites is 1. The Morgan fingerprint density at radius 3 is 2.77 bits per heavy atom. The van der Waals surface area contributed by atoms with Crippen LogP contribution in [0, 0.1) is 0 Å². The maximum atomic E-state index is 12.4. The Labute approximate surface area is 129 Å². The van der Waals surface area contributed by atoms with Crippen molar-refractivity contribution in [2.24, 2.45) is 0 Å². The van der Waals surface area contributed by atoms with Crippen LogP contribution in [0.15, 0.2) is 24.3 Å². The first-order valence-electron chi connectivity index (χ1n) is 7.39. The van der Waals surface area contributed by atoms with Gasteiger partial charge in [0.05, 0.1) is 12.4 Å². The summed E-state index contributed by atoms with van der Waals surface area (Å²) in [6.45, 7) is 2.38. The third-order valence-electron chi connectivity index (χ3n) is 3.50. The summed E-state index contributed by atoms with van der Waals surface area (Å²) in [6, 6.07) is 7.21. The number of nitrogens with one attached hydrogen (secondary N) is 1. The van der Waals surface area contributed by atoms with Gasteiger partial charge in [-0.2, -0.15) is 5.10 Å². The van der Waals surface area contributed by atoms with E-state index in [4.69, 9.17) is 4.74 Å². The van der Waals surface area contributed by atoms with Crippen LogP contribution in [0.5, 0.6) is 5.75 Å². The fourth-order valence-corrected chi connectivity index (χ4v) is 3.67. The average molecular weight is 321 g/mol. The van der Waals surface area contributed by atoms with E-state index in [1.807, 2.05) is 19.1 Å². The summed E-state index contributed by atoms with van der Waals surface area (Å²) in [4.78, 5) is 4.28. The molecule has 1 aliphatic carbocycles. The number of hydrogen-bond acceptors (Lipinski definition) is 5. The molecule has 1 N–H and O–H groups in total. The highest BCUT2D eigenvalue weighted by Crippen LogP contribution is 2.37. The lowest BCUT2D eigenvalue weighted by Crippen LogP contribution is -2.10. The Bertz CT molecular complexity index is 751. The maximum absolute atomic E-state index is 12.4. The van der Waals surface area contributed by atoms with Gasteiger partial charge in [-0.05, 0) is 25.8 Å². The third kappa shape index (κ3) is 3.65. The van der Waals surface area contributed by atoms with Crippen molar-refractivity contribution < 1.29 is 13.2 Å². The van der Waals surface area contributed by atoms with Gasteiger partial charge in [-0.25, -0.2) is 13.4 Å². The number of sulfone groups is 1. The molecule has 1 aromatic heterocycles. The summed E-state index contributed by atoms with van der Waals surface area (Å²) < 4.78 is 30.2. The molecule has 0 amide bonds. The number of aromatic nitrogens is 3. The van der Waals surface area contributed by atoms with Crippen molar-refractivity contribution in [1.82, 2.24) is 15.2 Å². The van der Waals surface area contributed by atoms with Crippen LogP contribution in [0.2, 0.25) is 0 Å². The van der Waals surface area contributed by atoms with Crippen LogP contribution in [0.3, 0.4) is 0 Å². The molecule has 3 rings (SSSR count). The highest BCUT2D eigenvalue weighted by molar-refractivity contribution is 7.89. The van der Waals surface area contributed by atoms with E-state index in [1.165, 1.54) is 0 Å². The van der Waals surface area contributed by atoms with E-state index in [0.717, 1.165) is 18.7 Å². The summed E-state index contributed by atoms with van der Waals surface area (Å²) in [5.41, 5.74) is 0.672. The second-order valence-corrected chi connectivity index (χ2v) is 7.55. The third-order valence-corrected chi connectivity index (χ3v) is 4.96. The van der Waals surface area contributed by atoms with E-state index in [9.17, 15) is 8.42 Å². The molecule has 1 fully saturated rings. The van der Waals surface area contributed by atoms with Crippen LogP contribution in [0.4, 0.5) is 0 Å². The molecule has 0 bridgehead atoms. The Balaban J connectivity index is 1.72. The molecule has 22 heavy (non-hydrogen) atoms. The van der Waals surface area contributed by atoms with Gasteiger partial charge in [0.2, 0.25) is 0 Å². The zero-order valence-corrected chi connectivity index (χ0v) is 13.3. The maximum Gasteiger partial charge on any atom is 0.161 e. The zero-order chi connectivity index (χ0) is 15.6. The summed E-state index contributed by atoms with van der Waals surface area (Å²) in [5.74, 6) is 1.97. The molecule has 0 spiro atoms. The molecule has 0 saturated heterocycles. The van der Waals surface area contributed by atoms with Crippen LogP contribution in [-0.4, -0.2) is 30.2 Å². The van der Waals surface area contributed by atoms with Gasteiger partial charge in [-0.3, -0.25) is 5.10 Å². The summed E-state index contributed by atoms with van der Waals surface area (Å²) in [7, 11) is -3.33. The number of nitrogens with zero attached hydrogens (tertiary/aromatic N) is 2. The molecule has 1 aliphatic rings. The van der Waals surface area contributed by atoms with Gasteiger partial charge >= 0.3 is 0 Å². The minimum absolute atomic E-state index is 0.0668. The number of aromatic amines is 1. The minimum atomic E-state index is -3.33. The van der Waals surface area contributed by atoms with Gasteiger partial charge in [-0.15, -0.1) is 0 Å². The minimum Gasteiger partial charge on any atom is -0.494 e. The number of rotatable bonds is 7. The van der Waals surface area contributed by atoms with Crippen molar-refractivity contribution in [3.05, 3.63) is 41.5 Å². The van der Waals surface area contributed by atoms with E-state index in [0.29, 0.717) is 29.7 Å². The Morgan fingerprint density at radius 1 is 1.27 bits per heavy atom. The lowest BCUT2D eigenvalue weighted by molar-refractivity contribution is 0.337. The molecule has 1 heterocycles. The van der Waals surface area contributed by atoms with E-state index in [-0.39, 0.29) is 11.5 Å².